The summed E-state index contributed by atoms with van der Waals surface area (Å²) in [6.45, 7) is 2.97. The molecule has 142 valence electrons. The number of rotatable bonds is 5. The summed E-state index contributed by atoms with van der Waals surface area (Å²) < 4.78 is 24.2. The van der Waals surface area contributed by atoms with Crippen LogP contribution in [0.4, 0.5) is 10.1 Å². The number of halogens is 1. The molecule has 1 unspecified atom stereocenters. The van der Waals surface area contributed by atoms with Crippen LogP contribution >= 0.6 is 0 Å². The molecule has 1 aliphatic heterocycles. The van der Waals surface area contributed by atoms with Crippen LogP contribution in [-0.2, 0) is 9.53 Å². The first-order chi connectivity index (χ1) is 13.0. The fourth-order valence-electron chi connectivity index (χ4n) is 2.84. The van der Waals surface area contributed by atoms with Crippen LogP contribution in [0.5, 0.6) is 5.75 Å². The quantitative estimate of drug-likeness (QED) is 0.876. The number of morpholine rings is 1. The van der Waals surface area contributed by atoms with Crippen molar-refractivity contribution in [3.63, 3.8) is 0 Å². The van der Waals surface area contributed by atoms with E-state index in [9.17, 15) is 14.0 Å². The summed E-state index contributed by atoms with van der Waals surface area (Å²) in [7, 11) is 0. The van der Waals surface area contributed by atoms with Gasteiger partial charge >= 0.3 is 0 Å². The molecule has 1 aliphatic rings. The standard InChI is InChI=1S/C20H21FN2O4/c1-14(24)22-17-4-2-3-15(11-17)20(25)23-9-10-26-19(12-23)13-27-18-7-5-16(21)6-8-18/h2-8,11,19H,9-10,12-13H2,1H3,(H,22,24). The summed E-state index contributed by atoms with van der Waals surface area (Å²) in [5.41, 5.74) is 1.08. The van der Waals surface area contributed by atoms with Crippen LogP contribution in [-0.4, -0.2) is 49.1 Å². The molecule has 2 aromatic carbocycles. The van der Waals surface area contributed by atoms with Gasteiger partial charge in [-0.2, -0.15) is 0 Å². The van der Waals surface area contributed by atoms with Gasteiger partial charge in [0.05, 0.1) is 13.2 Å². The molecule has 1 atom stereocenters. The first-order valence-corrected chi connectivity index (χ1v) is 8.68. The van der Waals surface area contributed by atoms with Gasteiger partial charge in [-0.3, -0.25) is 9.59 Å². The van der Waals surface area contributed by atoms with Crippen molar-refractivity contribution >= 4 is 17.5 Å². The normalized spacial score (nSPS) is 16.7. The Kier molecular flexibility index (Phi) is 6.03. The van der Waals surface area contributed by atoms with Crippen molar-refractivity contribution in [2.45, 2.75) is 13.0 Å². The molecule has 0 spiro atoms. The van der Waals surface area contributed by atoms with E-state index in [4.69, 9.17) is 9.47 Å². The van der Waals surface area contributed by atoms with Gasteiger partial charge in [0.15, 0.2) is 0 Å². The largest absolute Gasteiger partial charge is 0.491 e. The highest BCUT2D eigenvalue weighted by molar-refractivity contribution is 5.96. The zero-order chi connectivity index (χ0) is 19.2. The van der Waals surface area contributed by atoms with Crippen molar-refractivity contribution in [1.82, 2.24) is 4.90 Å². The Bertz CT molecular complexity index is 810. The van der Waals surface area contributed by atoms with Crippen LogP contribution < -0.4 is 10.1 Å². The molecule has 1 fully saturated rings. The summed E-state index contributed by atoms with van der Waals surface area (Å²) in [6.07, 6.45) is -0.272. The van der Waals surface area contributed by atoms with Crippen molar-refractivity contribution in [2.75, 3.05) is 31.6 Å². The maximum atomic E-state index is 12.9. The van der Waals surface area contributed by atoms with E-state index < -0.39 is 0 Å². The van der Waals surface area contributed by atoms with Gasteiger partial charge in [0.1, 0.15) is 24.3 Å². The van der Waals surface area contributed by atoms with Crippen molar-refractivity contribution in [1.29, 1.82) is 0 Å². The Morgan fingerprint density at radius 2 is 2.04 bits per heavy atom. The molecule has 1 N–H and O–H groups in total. The molecule has 7 heteroatoms. The molecular formula is C20H21FN2O4. The van der Waals surface area contributed by atoms with Crippen LogP contribution in [0.3, 0.4) is 0 Å². The molecule has 0 saturated carbocycles. The summed E-state index contributed by atoms with van der Waals surface area (Å²) in [5.74, 6) is -0.0951. The zero-order valence-electron chi connectivity index (χ0n) is 15.0. The molecule has 2 amide bonds. The number of anilines is 1. The minimum Gasteiger partial charge on any atom is -0.491 e. The average Bonchev–Trinajstić information content (AvgIpc) is 2.67. The first-order valence-electron chi connectivity index (χ1n) is 8.68. The number of amides is 2. The number of carbonyl (C=O) groups is 2. The fourth-order valence-corrected chi connectivity index (χ4v) is 2.84. The lowest BCUT2D eigenvalue weighted by atomic mass is 10.1. The summed E-state index contributed by atoms with van der Waals surface area (Å²) in [4.78, 5) is 25.7. The van der Waals surface area contributed by atoms with Crippen LogP contribution in [0.25, 0.3) is 0 Å². The monoisotopic (exact) mass is 372 g/mol. The van der Waals surface area contributed by atoms with Gasteiger partial charge in [0.2, 0.25) is 5.91 Å². The minimum absolute atomic E-state index is 0.128. The van der Waals surface area contributed by atoms with Crippen molar-refractivity contribution < 1.29 is 23.5 Å². The molecule has 0 radical (unpaired) electrons. The highest BCUT2D eigenvalue weighted by atomic mass is 19.1. The lowest BCUT2D eigenvalue weighted by Gasteiger charge is -2.33. The van der Waals surface area contributed by atoms with Gasteiger partial charge in [-0.1, -0.05) is 6.07 Å². The summed E-state index contributed by atoms with van der Waals surface area (Å²) in [5, 5.41) is 2.67. The van der Waals surface area contributed by atoms with E-state index in [0.717, 1.165) is 0 Å². The Labute approximate surface area is 156 Å². The van der Waals surface area contributed by atoms with Crippen LogP contribution in [0.15, 0.2) is 48.5 Å². The van der Waals surface area contributed by atoms with Gasteiger partial charge in [0, 0.05) is 24.7 Å². The molecule has 0 aromatic heterocycles. The van der Waals surface area contributed by atoms with Gasteiger partial charge < -0.3 is 19.7 Å². The molecule has 6 nitrogen and oxygen atoms in total. The number of hydrogen-bond acceptors (Lipinski definition) is 4. The number of hydrogen-bond donors (Lipinski definition) is 1. The van der Waals surface area contributed by atoms with Crippen molar-refractivity contribution in [3.8, 4) is 5.75 Å². The molecule has 0 bridgehead atoms. The number of ether oxygens (including phenoxy) is 2. The molecule has 1 saturated heterocycles. The number of carbonyl (C=O) groups excluding carboxylic acids is 2. The number of benzene rings is 2. The van der Waals surface area contributed by atoms with Crippen molar-refractivity contribution in [3.05, 3.63) is 59.9 Å². The lowest BCUT2D eigenvalue weighted by molar-refractivity contribution is -0.114. The Morgan fingerprint density at radius 1 is 1.26 bits per heavy atom. The smallest absolute Gasteiger partial charge is 0.254 e. The second kappa shape index (κ2) is 8.64. The van der Waals surface area contributed by atoms with Gasteiger partial charge in [0.25, 0.3) is 5.91 Å². The van der Waals surface area contributed by atoms with E-state index in [2.05, 4.69) is 5.32 Å². The molecule has 1 heterocycles. The minimum atomic E-state index is -0.325. The van der Waals surface area contributed by atoms with Crippen LogP contribution in [0.2, 0.25) is 0 Å². The van der Waals surface area contributed by atoms with E-state index in [1.807, 2.05) is 0 Å². The molecule has 0 aliphatic carbocycles. The Morgan fingerprint density at radius 3 is 2.78 bits per heavy atom. The number of nitrogens with zero attached hydrogens (tertiary/aromatic N) is 1. The third kappa shape index (κ3) is 5.27. The second-order valence-electron chi connectivity index (χ2n) is 6.27. The molecule has 3 rings (SSSR count). The second-order valence-corrected chi connectivity index (χ2v) is 6.27. The van der Waals surface area contributed by atoms with Crippen LogP contribution in [0.1, 0.15) is 17.3 Å². The third-order valence-electron chi connectivity index (χ3n) is 4.11. The highest BCUT2D eigenvalue weighted by Gasteiger charge is 2.25. The van der Waals surface area contributed by atoms with Gasteiger partial charge in [-0.05, 0) is 42.5 Å². The van der Waals surface area contributed by atoms with Gasteiger partial charge in [-0.15, -0.1) is 0 Å². The zero-order valence-corrected chi connectivity index (χ0v) is 15.0. The Hall–Kier alpha value is -2.93. The van der Waals surface area contributed by atoms with Crippen LogP contribution in [0, 0.1) is 5.82 Å². The van der Waals surface area contributed by atoms with E-state index >= 15 is 0 Å². The van der Waals surface area contributed by atoms with Gasteiger partial charge in [-0.25, -0.2) is 4.39 Å². The van der Waals surface area contributed by atoms with E-state index in [1.54, 1.807) is 41.3 Å². The SMILES string of the molecule is CC(=O)Nc1cccc(C(=O)N2CCOC(COc3ccc(F)cc3)C2)c1. The predicted molar refractivity (Wildman–Crippen MR) is 98.3 cm³/mol. The molecule has 27 heavy (non-hydrogen) atoms. The average molecular weight is 372 g/mol. The Balaban J connectivity index is 1.59. The first kappa shape index (κ1) is 18.8. The number of nitrogens with one attached hydrogen (secondary N) is 1. The summed E-state index contributed by atoms with van der Waals surface area (Å²) >= 11 is 0. The van der Waals surface area contributed by atoms with E-state index in [-0.39, 0.29) is 30.3 Å². The van der Waals surface area contributed by atoms with Crippen molar-refractivity contribution in [2.24, 2.45) is 0 Å². The summed E-state index contributed by atoms with van der Waals surface area (Å²) in [6, 6.07) is 12.6. The van der Waals surface area contributed by atoms with E-state index in [0.29, 0.717) is 36.7 Å². The molecular weight excluding hydrogens is 351 g/mol. The lowest BCUT2D eigenvalue weighted by Crippen LogP contribution is -2.47. The maximum absolute atomic E-state index is 12.9. The maximum Gasteiger partial charge on any atom is 0.254 e. The fraction of sp³-hybridized carbons (Fsp3) is 0.300. The third-order valence-corrected chi connectivity index (χ3v) is 4.11. The van der Waals surface area contributed by atoms with E-state index in [1.165, 1.54) is 19.1 Å². The topological polar surface area (TPSA) is 67.9 Å². The highest BCUT2D eigenvalue weighted by Crippen LogP contribution is 2.17. The predicted octanol–water partition coefficient (Wildman–Crippen LogP) is 2.70. The molecule has 2 aromatic rings.